The van der Waals surface area contributed by atoms with Crippen molar-refractivity contribution in [3.8, 4) is 0 Å². The first-order valence-electron chi connectivity index (χ1n) is 11.0. The number of aryl methyl sites for hydroxylation is 1. The Morgan fingerprint density at radius 3 is 2.76 bits per heavy atom. The van der Waals surface area contributed by atoms with Crippen LogP contribution in [0.4, 0.5) is 0 Å². The number of fused-ring (bicyclic) bond motifs is 1. The average Bonchev–Trinajstić information content (AvgIpc) is 3.32. The van der Waals surface area contributed by atoms with Crippen molar-refractivity contribution in [1.29, 1.82) is 0 Å². The maximum atomic E-state index is 13.6. The van der Waals surface area contributed by atoms with Gasteiger partial charge in [-0.2, -0.15) is 0 Å². The van der Waals surface area contributed by atoms with Gasteiger partial charge >= 0.3 is 0 Å². The molecule has 8 nitrogen and oxygen atoms in total. The van der Waals surface area contributed by atoms with E-state index < -0.39 is 5.41 Å². The monoisotopic (exact) mass is 448 g/mol. The van der Waals surface area contributed by atoms with Gasteiger partial charge in [0.05, 0.1) is 23.9 Å². The number of rotatable bonds is 9. The van der Waals surface area contributed by atoms with Gasteiger partial charge in [0.25, 0.3) is 0 Å². The van der Waals surface area contributed by atoms with E-state index >= 15 is 0 Å². The Kier molecular flexibility index (Phi) is 6.55. The molecule has 1 atom stereocenters. The number of benzene rings is 1. The van der Waals surface area contributed by atoms with Gasteiger partial charge in [0.15, 0.2) is 0 Å². The highest BCUT2D eigenvalue weighted by Crippen LogP contribution is 2.41. The summed E-state index contributed by atoms with van der Waals surface area (Å²) in [4.78, 5) is 45.2. The summed E-state index contributed by atoms with van der Waals surface area (Å²) in [7, 11) is 1.58. The minimum absolute atomic E-state index is 0.0211. The van der Waals surface area contributed by atoms with E-state index in [2.05, 4.69) is 10.3 Å². The predicted molar refractivity (Wildman–Crippen MR) is 122 cm³/mol. The Balaban J connectivity index is 1.57. The Morgan fingerprint density at radius 1 is 1.18 bits per heavy atom. The third-order valence-electron chi connectivity index (χ3n) is 6.22. The van der Waals surface area contributed by atoms with Crippen LogP contribution in [0.2, 0.25) is 0 Å². The molecule has 1 aliphatic rings. The van der Waals surface area contributed by atoms with Crippen LogP contribution in [-0.4, -0.2) is 52.3 Å². The summed E-state index contributed by atoms with van der Waals surface area (Å²) in [6.07, 6.45) is 4.04. The number of nitrogens with zero attached hydrogens (tertiary/aromatic N) is 3. The molecule has 1 aromatic carbocycles. The molecule has 4 rings (SSSR count). The number of amides is 3. The summed E-state index contributed by atoms with van der Waals surface area (Å²) in [5.41, 5.74) is 2.02. The van der Waals surface area contributed by atoms with E-state index in [1.165, 1.54) is 4.90 Å². The smallest absolute Gasteiger partial charge is 0.240 e. The quantitative estimate of drug-likeness (QED) is 0.401. The van der Waals surface area contributed by atoms with Gasteiger partial charge in [0, 0.05) is 39.3 Å². The molecule has 0 aliphatic carbocycles. The maximum absolute atomic E-state index is 13.6. The fourth-order valence-corrected chi connectivity index (χ4v) is 4.59. The molecule has 1 N–H and O–H groups in total. The number of carbonyl (C=O) groups excluding carboxylic acids is 3. The van der Waals surface area contributed by atoms with Crippen molar-refractivity contribution < 1.29 is 19.1 Å². The first-order chi connectivity index (χ1) is 16.0. The molecule has 3 heterocycles. The lowest BCUT2D eigenvalue weighted by atomic mass is 9.74. The van der Waals surface area contributed by atoms with E-state index in [4.69, 9.17) is 4.74 Å². The molecular weight excluding hydrogens is 420 g/mol. The fraction of sp³-hybridized carbons (Fsp3) is 0.360. The van der Waals surface area contributed by atoms with Crippen LogP contribution in [0.5, 0.6) is 0 Å². The van der Waals surface area contributed by atoms with Crippen LogP contribution in [0.3, 0.4) is 0 Å². The Bertz CT molecular complexity index is 1190. The Hall–Kier alpha value is -3.52. The third-order valence-corrected chi connectivity index (χ3v) is 6.22. The van der Waals surface area contributed by atoms with Crippen LogP contribution in [-0.2, 0) is 31.1 Å². The predicted octanol–water partition coefficient (Wildman–Crippen LogP) is 2.38. The molecule has 2 aromatic heterocycles. The zero-order valence-corrected chi connectivity index (χ0v) is 18.9. The second-order valence-corrected chi connectivity index (χ2v) is 8.40. The third kappa shape index (κ3) is 4.39. The number of methoxy groups -OCH3 is 1. The van der Waals surface area contributed by atoms with Crippen molar-refractivity contribution >= 4 is 23.4 Å². The molecule has 0 bridgehead atoms. The first kappa shape index (κ1) is 22.7. The lowest BCUT2D eigenvalue weighted by molar-refractivity contribution is -0.141. The number of imide groups is 1. The van der Waals surface area contributed by atoms with Crippen LogP contribution in [0.25, 0.3) is 5.65 Å². The topological polar surface area (TPSA) is 93.0 Å². The van der Waals surface area contributed by atoms with Gasteiger partial charge in [-0.15, -0.1) is 0 Å². The van der Waals surface area contributed by atoms with E-state index in [-0.39, 0.29) is 43.7 Å². The van der Waals surface area contributed by atoms with Gasteiger partial charge < -0.3 is 14.5 Å². The van der Waals surface area contributed by atoms with Crippen LogP contribution < -0.4 is 5.32 Å². The maximum Gasteiger partial charge on any atom is 0.240 e. The average molecular weight is 449 g/mol. The molecule has 3 amide bonds. The van der Waals surface area contributed by atoms with Crippen LogP contribution in [0.1, 0.15) is 36.1 Å². The van der Waals surface area contributed by atoms with Crippen molar-refractivity contribution in [1.82, 2.24) is 19.6 Å². The Labute approximate surface area is 192 Å². The minimum atomic E-state index is -1.21. The van der Waals surface area contributed by atoms with Crippen molar-refractivity contribution in [3.05, 3.63) is 71.7 Å². The number of hydrogen-bond acceptors (Lipinski definition) is 5. The van der Waals surface area contributed by atoms with Gasteiger partial charge in [-0.25, -0.2) is 4.98 Å². The van der Waals surface area contributed by atoms with Crippen LogP contribution in [0, 0.1) is 6.92 Å². The van der Waals surface area contributed by atoms with Gasteiger partial charge in [-0.3, -0.25) is 19.3 Å². The van der Waals surface area contributed by atoms with Gasteiger partial charge in [-0.1, -0.05) is 30.3 Å². The standard InChI is InChI=1S/C25H28N4O4/c1-18-8-3-4-9-20(18)25(15-23(31)29(24(25)32)12-7-13-33-2)14-22(30)27-17-19-16-26-21-10-5-6-11-28(19)21/h3-6,8-11,16H,7,12-15,17H2,1-2H3,(H,27,30). The number of nitrogens with one attached hydrogen (secondary N) is 1. The van der Waals surface area contributed by atoms with E-state index in [0.717, 1.165) is 22.5 Å². The molecule has 3 aromatic rings. The second-order valence-electron chi connectivity index (χ2n) is 8.40. The molecule has 172 valence electrons. The molecule has 1 fully saturated rings. The molecule has 1 saturated heterocycles. The van der Waals surface area contributed by atoms with E-state index in [1.54, 1.807) is 13.3 Å². The van der Waals surface area contributed by atoms with Crippen molar-refractivity contribution in [3.63, 3.8) is 0 Å². The molecule has 1 aliphatic heterocycles. The normalized spacial score (nSPS) is 18.3. The lowest BCUT2D eigenvalue weighted by Crippen LogP contribution is -2.43. The summed E-state index contributed by atoms with van der Waals surface area (Å²) < 4.78 is 6.97. The van der Waals surface area contributed by atoms with Gasteiger partial charge in [-0.05, 0) is 36.6 Å². The van der Waals surface area contributed by atoms with E-state index in [1.807, 2.05) is 60.0 Å². The molecule has 8 heteroatoms. The summed E-state index contributed by atoms with van der Waals surface area (Å²) in [5.74, 6) is -0.860. The number of pyridine rings is 1. The summed E-state index contributed by atoms with van der Waals surface area (Å²) >= 11 is 0. The summed E-state index contributed by atoms with van der Waals surface area (Å²) in [6.45, 7) is 2.91. The molecular formula is C25H28N4O4. The largest absolute Gasteiger partial charge is 0.385 e. The number of hydrogen-bond donors (Lipinski definition) is 1. The summed E-state index contributed by atoms with van der Waals surface area (Å²) in [5, 5.41) is 2.92. The molecule has 33 heavy (non-hydrogen) atoms. The highest BCUT2D eigenvalue weighted by atomic mass is 16.5. The van der Waals surface area contributed by atoms with Crippen molar-refractivity contribution in [2.45, 2.75) is 38.1 Å². The number of carbonyl (C=O) groups is 3. The number of ether oxygens (including phenoxy) is 1. The lowest BCUT2D eigenvalue weighted by Gasteiger charge is -2.28. The highest BCUT2D eigenvalue weighted by Gasteiger charge is 2.53. The molecule has 1 unspecified atom stereocenters. The van der Waals surface area contributed by atoms with Gasteiger partial charge in [0.2, 0.25) is 17.7 Å². The second kappa shape index (κ2) is 9.54. The zero-order valence-electron chi connectivity index (χ0n) is 18.9. The molecule has 0 radical (unpaired) electrons. The first-order valence-corrected chi connectivity index (χ1v) is 11.0. The summed E-state index contributed by atoms with van der Waals surface area (Å²) in [6, 6.07) is 13.2. The SMILES string of the molecule is COCCCN1C(=O)CC(CC(=O)NCc2cnc3ccccn23)(c2ccccc2C)C1=O. The van der Waals surface area contributed by atoms with Crippen molar-refractivity contribution in [2.24, 2.45) is 0 Å². The highest BCUT2D eigenvalue weighted by molar-refractivity contribution is 6.10. The molecule has 0 spiro atoms. The number of imidazole rings is 1. The van der Waals surface area contributed by atoms with Crippen molar-refractivity contribution in [2.75, 3.05) is 20.3 Å². The fourth-order valence-electron chi connectivity index (χ4n) is 4.59. The zero-order chi connectivity index (χ0) is 23.4. The van der Waals surface area contributed by atoms with Crippen LogP contribution in [0.15, 0.2) is 54.9 Å². The molecule has 0 saturated carbocycles. The van der Waals surface area contributed by atoms with Crippen LogP contribution >= 0.6 is 0 Å². The van der Waals surface area contributed by atoms with E-state index in [9.17, 15) is 14.4 Å². The Morgan fingerprint density at radius 2 is 1.97 bits per heavy atom. The van der Waals surface area contributed by atoms with E-state index in [0.29, 0.717) is 13.0 Å². The number of aromatic nitrogens is 2. The van der Waals surface area contributed by atoms with Gasteiger partial charge in [0.1, 0.15) is 5.65 Å². The number of likely N-dealkylation sites (tertiary alicyclic amines) is 1. The minimum Gasteiger partial charge on any atom is -0.385 e.